The summed E-state index contributed by atoms with van der Waals surface area (Å²) in [5.74, 6) is 0.187. The Labute approximate surface area is 118 Å². The van der Waals surface area contributed by atoms with Gasteiger partial charge in [-0.25, -0.2) is 4.39 Å². The summed E-state index contributed by atoms with van der Waals surface area (Å²) in [7, 11) is 0. The second kappa shape index (κ2) is 7.06. The Bertz CT molecular complexity index is 538. The predicted molar refractivity (Wildman–Crippen MR) is 77.3 cm³/mol. The van der Waals surface area contributed by atoms with Gasteiger partial charge in [0.1, 0.15) is 11.6 Å². The number of hydrogen-bond acceptors (Lipinski definition) is 2. The second-order valence-corrected chi connectivity index (χ2v) is 4.80. The van der Waals surface area contributed by atoms with E-state index in [1.807, 2.05) is 18.2 Å². The highest BCUT2D eigenvalue weighted by Crippen LogP contribution is 2.26. The van der Waals surface area contributed by atoms with E-state index in [1.165, 1.54) is 17.7 Å². The van der Waals surface area contributed by atoms with Crippen molar-refractivity contribution in [3.63, 3.8) is 0 Å². The van der Waals surface area contributed by atoms with Crippen molar-refractivity contribution in [3.05, 3.63) is 65.5 Å². The van der Waals surface area contributed by atoms with E-state index in [0.29, 0.717) is 17.9 Å². The highest BCUT2D eigenvalue weighted by Gasteiger charge is 2.10. The zero-order valence-electron chi connectivity index (χ0n) is 11.6. The molecule has 2 aromatic carbocycles. The quantitative estimate of drug-likeness (QED) is 0.810. The van der Waals surface area contributed by atoms with Crippen LogP contribution in [-0.2, 0) is 6.42 Å². The normalized spacial score (nSPS) is 12.2. The van der Waals surface area contributed by atoms with Gasteiger partial charge < -0.3 is 9.84 Å². The lowest BCUT2D eigenvalue weighted by atomic mass is 10.1. The van der Waals surface area contributed by atoms with Gasteiger partial charge in [-0.15, -0.1) is 0 Å². The molecule has 0 fully saturated rings. The molecule has 0 aliphatic carbocycles. The van der Waals surface area contributed by atoms with Crippen LogP contribution in [0.15, 0.2) is 48.5 Å². The molecule has 0 saturated heterocycles. The van der Waals surface area contributed by atoms with Gasteiger partial charge in [0.05, 0.1) is 12.7 Å². The van der Waals surface area contributed by atoms with Crippen LogP contribution in [0.4, 0.5) is 4.39 Å². The molecule has 0 spiro atoms. The molecule has 0 saturated carbocycles. The summed E-state index contributed by atoms with van der Waals surface area (Å²) in [5.41, 5.74) is 1.76. The van der Waals surface area contributed by atoms with Gasteiger partial charge in [-0.2, -0.15) is 0 Å². The fourth-order valence-corrected chi connectivity index (χ4v) is 2.08. The maximum absolute atomic E-state index is 13.2. The summed E-state index contributed by atoms with van der Waals surface area (Å²) < 4.78 is 18.8. The minimum atomic E-state index is -0.741. The lowest BCUT2D eigenvalue weighted by Crippen LogP contribution is -2.04. The number of aliphatic hydroxyl groups is 1. The first-order valence-electron chi connectivity index (χ1n) is 6.81. The lowest BCUT2D eigenvalue weighted by Gasteiger charge is -2.13. The Morgan fingerprint density at radius 3 is 2.60 bits per heavy atom. The van der Waals surface area contributed by atoms with Crippen LogP contribution in [-0.4, -0.2) is 11.7 Å². The molecule has 1 N–H and O–H groups in total. The van der Waals surface area contributed by atoms with Gasteiger partial charge in [0, 0.05) is 5.56 Å². The maximum Gasteiger partial charge on any atom is 0.125 e. The molecule has 0 aliphatic rings. The van der Waals surface area contributed by atoms with Crippen LogP contribution in [0, 0.1) is 5.82 Å². The van der Waals surface area contributed by atoms with Gasteiger partial charge in [0.2, 0.25) is 0 Å². The molecule has 2 rings (SSSR count). The van der Waals surface area contributed by atoms with Crippen molar-refractivity contribution in [2.45, 2.75) is 25.9 Å². The monoisotopic (exact) mass is 274 g/mol. The standard InChI is InChI=1S/C17H19FO2/c1-13(19)16-12-15(18)9-10-17(16)20-11-5-8-14-6-3-2-4-7-14/h2-4,6-7,9-10,12-13,19H,5,8,11H2,1H3/t13-/m0/s1. The average Bonchev–Trinajstić information content (AvgIpc) is 2.45. The predicted octanol–water partition coefficient (Wildman–Crippen LogP) is 3.89. The number of ether oxygens (including phenoxy) is 1. The minimum Gasteiger partial charge on any atom is -0.493 e. The van der Waals surface area contributed by atoms with E-state index < -0.39 is 6.10 Å². The molecule has 0 radical (unpaired) electrons. The Kier molecular flexibility index (Phi) is 5.13. The van der Waals surface area contributed by atoms with Crippen LogP contribution in [0.1, 0.15) is 30.6 Å². The third-order valence-electron chi connectivity index (χ3n) is 3.13. The fourth-order valence-electron chi connectivity index (χ4n) is 2.08. The Hall–Kier alpha value is -1.87. The summed E-state index contributed by atoms with van der Waals surface area (Å²) in [6, 6.07) is 14.4. The minimum absolute atomic E-state index is 0.363. The van der Waals surface area contributed by atoms with E-state index in [9.17, 15) is 9.50 Å². The number of halogens is 1. The zero-order valence-corrected chi connectivity index (χ0v) is 11.6. The summed E-state index contributed by atoms with van der Waals surface area (Å²) in [6.45, 7) is 2.14. The number of aliphatic hydroxyl groups excluding tert-OH is 1. The van der Waals surface area contributed by atoms with E-state index in [-0.39, 0.29) is 5.82 Å². The van der Waals surface area contributed by atoms with Gasteiger partial charge in [0.25, 0.3) is 0 Å². The molecule has 1 atom stereocenters. The van der Waals surface area contributed by atoms with Crippen molar-refractivity contribution >= 4 is 0 Å². The Balaban J connectivity index is 1.88. The van der Waals surface area contributed by atoms with Crippen LogP contribution in [0.25, 0.3) is 0 Å². The molecule has 2 nitrogen and oxygen atoms in total. The smallest absolute Gasteiger partial charge is 0.125 e. The van der Waals surface area contributed by atoms with Gasteiger partial charge in [-0.05, 0) is 43.5 Å². The third kappa shape index (κ3) is 4.07. The molecule has 106 valence electrons. The molecule has 3 heteroatoms. The second-order valence-electron chi connectivity index (χ2n) is 4.80. The fraction of sp³-hybridized carbons (Fsp3) is 0.294. The van der Waals surface area contributed by atoms with Crippen molar-refractivity contribution in [1.82, 2.24) is 0 Å². The van der Waals surface area contributed by atoms with Crippen molar-refractivity contribution in [2.24, 2.45) is 0 Å². The van der Waals surface area contributed by atoms with Gasteiger partial charge in [0.15, 0.2) is 0 Å². The number of rotatable bonds is 6. The van der Waals surface area contributed by atoms with Gasteiger partial charge in [-0.3, -0.25) is 0 Å². The molecular weight excluding hydrogens is 255 g/mol. The maximum atomic E-state index is 13.2. The van der Waals surface area contributed by atoms with Crippen molar-refractivity contribution in [2.75, 3.05) is 6.61 Å². The largest absolute Gasteiger partial charge is 0.493 e. The molecular formula is C17H19FO2. The lowest BCUT2D eigenvalue weighted by molar-refractivity contribution is 0.190. The molecule has 0 unspecified atom stereocenters. The molecule has 0 aromatic heterocycles. The Morgan fingerprint density at radius 1 is 1.15 bits per heavy atom. The van der Waals surface area contributed by atoms with Crippen LogP contribution < -0.4 is 4.74 Å². The summed E-state index contributed by atoms with van der Waals surface area (Å²) in [5, 5.41) is 9.62. The number of aryl methyl sites for hydroxylation is 1. The molecule has 2 aromatic rings. The van der Waals surface area contributed by atoms with E-state index in [1.54, 1.807) is 13.0 Å². The molecule has 0 aliphatic heterocycles. The Morgan fingerprint density at radius 2 is 1.90 bits per heavy atom. The van der Waals surface area contributed by atoms with Crippen LogP contribution in [0.3, 0.4) is 0 Å². The van der Waals surface area contributed by atoms with E-state index >= 15 is 0 Å². The average molecular weight is 274 g/mol. The molecule has 0 bridgehead atoms. The van der Waals surface area contributed by atoms with E-state index in [4.69, 9.17) is 4.74 Å². The van der Waals surface area contributed by atoms with E-state index in [0.717, 1.165) is 12.8 Å². The SMILES string of the molecule is C[C@H](O)c1cc(F)ccc1OCCCc1ccccc1. The molecule has 0 heterocycles. The van der Waals surface area contributed by atoms with Gasteiger partial charge in [-0.1, -0.05) is 30.3 Å². The highest BCUT2D eigenvalue weighted by molar-refractivity contribution is 5.35. The van der Waals surface area contributed by atoms with Crippen LogP contribution >= 0.6 is 0 Å². The third-order valence-corrected chi connectivity index (χ3v) is 3.13. The molecule has 0 amide bonds. The van der Waals surface area contributed by atoms with E-state index in [2.05, 4.69) is 12.1 Å². The first-order valence-corrected chi connectivity index (χ1v) is 6.81. The first-order chi connectivity index (χ1) is 9.66. The summed E-state index contributed by atoms with van der Waals surface area (Å²) >= 11 is 0. The topological polar surface area (TPSA) is 29.5 Å². The van der Waals surface area contributed by atoms with Crippen molar-refractivity contribution in [3.8, 4) is 5.75 Å². The number of benzene rings is 2. The van der Waals surface area contributed by atoms with Crippen LogP contribution in [0.2, 0.25) is 0 Å². The first kappa shape index (κ1) is 14.5. The highest BCUT2D eigenvalue weighted by atomic mass is 19.1. The summed E-state index contributed by atoms with van der Waals surface area (Å²) in [6.07, 6.45) is 1.07. The molecule has 20 heavy (non-hydrogen) atoms. The summed E-state index contributed by atoms with van der Waals surface area (Å²) in [4.78, 5) is 0. The number of hydrogen-bond donors (Lipinski definition) is 1. The van der Waals surface area contributed by atoms with Crippen molar-refractivity contribution in [1.29, 1.82) is 0 Å². The van der Waals surface area contributed by atoms with Crippen molar-refractivity contribution < 1.29 is 14.2 Å². The zero-order chi connectivity index (χ0) is 14.4. The van der Waals surface area contributed by atoms with Crippen LogP contribution in [0.5, 0.6) is 5.75 Å². The van der Waals surface area contributed by atoms with Gasteiger partial charge >= 0.3 is 0 Å².